The second kappa shape index (κ2) is 10.9. The van der Waals surface area contributed by atoms with Crippen LogP contribution in [0.2, 0.25) is 0 Å². The lowest BCUT2D eigenvalue weighted by atomic mass is 10.1. The Hall–Kier alpha value is -2.29. The molecule has 5 nitrogen and oxygen atoms in total. The van der Waals surface area contributed by atoms with E-state index in [1.165, 1.54) is 17.7 Å². The van der Waals surface area contributed by atoms with Gasteiger partial charge >= 0.3 is 0 Å². The first kappa shape index (κ1) is 22.0. The largest absolute Gasteiger partial charge is 0.497 e. The Morgan fingerprint density at radius 3 is 2.64 bits per heavy atom. The first-order chi connectivity index (χ1) is 13.2. The number of guanidine groups is 1. The summed E-state index contributed by atoms with van der Waals surface area (Å²) in [6.45, 7) is 1.52. The molecule has 1 aromatic heterocycles. The molecule has 2 aromatic carbocycles. The number of benzene rings is 2. The van der Waals surface area contributed by atoms with E-state index in [1.54, 1.807) is 14.2 Å². The number of hydrogen-bond acceptors (Lipinski definition) is 2. The number of rotatable bonds is 7. The summed E-state index contributed by atoms with van der Waals surface area (Å²) in [5.41, 5.74) is 3.19. The van der Waals surface area contributed by atoms with Crippen molar-refractivity contribution in [3.05, 3.63) is 65.6 Å². The van der Waals surface area contributed by atoms with Gasteiger partial charge in [0.15, 0.2) is 5.96 Å². The molecular weight excluding hydrogens is 470 g/mol. The van der Waals surface area contributed by atoms with E-state index in [4.69, 9.17) is 4.74 Å². The molecule has 0 unspecified atom stereocenters. The zero-order valence-corrected chi connectivity index (χ0v) is 18.4. The molecule has 0 bridgehead atoms. The number of aliphatic imine (C=N–C) groups is 1. The maximum absolute atomic E-state index is 13.3. The average molecular weight is 496 g/mol. The van der Waals surface area contributed by atoms with Gasteiger partial charge in [-0.25, -0.2) is 4.39 Å². The Morgan fingerprint density at radius 1 is 1.11 bits per heavy atom. The molecule has 0 aliphatic heterocycles. The Kier molecular flexibility index (Phi) is 8.56. The monoisotopic (exact) mass is 496 g/mol. The zero-order chi connectivity index (χ0) is 19.1. The van der Waals surface area contributed by atoms with Crippen molar-refractivity contribution in [2.45, 2.75) is 12.8 Å². The number of aromatic nitrogens is 1. The highest BCUT2D eigenvalue weighted by Crippen LogP contribution is 2.19. The molecule has 3 aromatic rings. The van der Waals surface area contributed by atoms with Gasteiger partial charge in [0.1, 0.15) is 11.6 Å². The molecule has 3 rings (SSSR count). The van der Waals surface area contributed by atoms with Crippen LogP contribution >= 0.6 is 24.0 Å². The molecule has 1 heterocycles. The standard InChI is InChI=1S/C21H25FN4O.HI/c1-23-21(24-10-8-15-4-3-5-18(12-15)27-2)25-11-9-16-14-26-20-13-17(22)6-7-19(16)20;/h3-7,12-14,26H,8-11H2,1-2H3,(H2,23,24,25);1H. The predicted molar refractivity (Wildman–Crippen MR) is 123 cm³/mol. The van der Waals surface area contributed by atoms with E-state index in [9.17, 15) is 4.39 Å². The first-order valence-electron chi connectivity index (χ1n) is 9.02. The van der Waals surface area contributed by atoms with Gasteiger partial charge < -0.3 is 20.4 Å². The molecule has 0 atom stereocenters. The number of fused-ring (bicyclic) bond motifs is 1. The molecule has 0 radical (unpaired) electrons. The molecule has 0 spiro atoms. The van der Waals surface area contributed by atoms with E-state index < -0.39 is 0 Å². The predicted octanol–water partition coefficient (Wildman–Crippen LogP) is 3.88. The molecule has 3 N–H and O–H groups in total. The molecule has 28 heavy (non-hydrogen) atoms. The van der Waals surface area contributed by atoms with Crippen molar-refractivity contribution in [3.63, 3.8) is 0 Å². The molecule has 0 aliphatic carbocycles. The summed E-state index contributed by atoms with van der Waals surface area (Å²) in [6, 6.07) is 12.9. The summed E-state index contributed by atoms with van der Waals surface area (Å²) in [4.78, 5) is 7.38. The van der Waals surface area contributed by atoms with Crippen LogP contribution in [0.5, 0.6) is 5.75 Å². The van der Waals surface area contributed by atoms with Crippen molar-refractivity contribution >= 4 is 40.8 Å². The van der Waals surface area contributed by atoms with Gasteiger partial charge in [0.05, 0.1) is 7.11 Å². The minimum atomic E-state index is -0.227. The minimum Gasteiger partial charge on any atom is -0.497 e. The summed E-state index contributed by atoms with van der Waals surface area (Å²) >= 11 is 0. The topological polar surface area (TPSA) is 61.4 Å². The van der Waals surface area contributed by atoms with Gasteiger partial charge in [0.25, 0.3) is 0 Å². The number of hydrogen-bond donors (Lipinski definition) is 3. The normalized spacial score (nSPS) is 11.2. The van der Waals surface area contributed by atoms with E-state index in [2.05, 4.69) is 26.7 Å². The summed E-state index contributed by atoms with van der Waals surface area (Å²) in [5, 5.41) is 7.69. The van der Waals surface area contributed by atoms with Crippen LogP contribution in [0.15, 0.2) is 53.7 Å². The maximum Gasteiger partial charge on any atom is 0.190 e. The van der Waals surface area contributed by atoms with Crippen molar-refractivity contribution in [1.29, 1.82) is 0 Å². The second-order valence-corrected chi connectivity index (χ2v) is 6.28. The third-order valence-electron chi connectivity index (χ3n) is 4.48. The molecular formula is C21H26FIN4O. The molecule has 0 saturated heterocycles. The highest BCUT2D eigenvalue weighted by Gasteiger charge is 2.05. The van der Waals surface area contributed by atoms with Gasteiger partial charge in [-0.15, -0.1) is 24.0 Å². The Bertz CT molecular complexity index is 926. The number of H-pyrrole nitrogens is 1. The van der Waals surface area contributed by atoms with Crippen molar-refractivity contribution in [1.82, 2.24) is 15.6 Å². The van der Waals surface area contributed by atoms with E-state index in [0.29, 0.717) is 0 Å². The first-order valence-corrected chi connectivity index (χ1v) is 9.02. The highest BCUT2D eigenvalue weighted by atomic mass is 127. The fourth-order valence-electron chi connectivity index (χ4n) is 3.05. The van der Waals surface area contributed by atoms with Gasteiger partial charge in [-0.3, -0.25) is 4.99 Å². The Labute approximate surface area is 181 Å². The number of aromatic amines is 1. The number of ether oxygens (including phenoxy) is 1. The lowest BCUT2D eigenvalue weighted by Gasteiger charge is -2.12. The van der Waals surface area contributed by atoms with E-state index >= 15 is 0 Å². The molecule has 150 valence electrons. The third-order valence-corrected chi connectivity index (χ3v) is 4.48. The minimum absolute atomic E-state index is 0. The third kappa shape index (κ3) is 5.85. The molecule has 0 aliphatic rings. The van der Waals surface area contributed by atoms with Crippen LogP contribution in [0.4, 0.5) is 4.39 Å². The summed E-state index contributed by atoms with van der Waals surface area (Å²) < 4.78 is 18.5. The quantitative estimate of drug-likeness (QED) is 0.264. The fraction of sp³-hybridized carbons (Fsp3) is 0.286. The summed E-state index contributed by atoms with van der Waals surface area (Å²) in [6.07, 6.45) is 3.64. The average Bonchev–Trinajstić information content (AvgIpc) is 3.09. The number of nitrogens with zero attached hydrogens (tertiary/aromatic N) is 1. The molecule has 0 saturated carbocycles. The lowest BCUT2D eigenvalue weighted by molar-refractivity contribution is 0.414. The summed E-state index contributed by atoms with van der Waals surface area (Å²) in [5.74, 6) is 1.41. The van der Waals surface area contributed by atoms with Crippen LogP contribution in [-0.4, -0.2) is 38.2 Å². The van der Waals surface area contributed by atoms with Crippen LogP contribution in [0.3, 0.4) is 0 Å². The van der Waals surface area contributed by atoms with Gasteiger partial charge in [0.2, 0.25) is 0 Å². The van der Waals surface area contributed by atoms with Gasteiger partial charge in [-0.1, -0.05) is 12.1 Å². The smallest absolute Gasteiger partial charge is 0.190 e. The van der Waals surface area contributed by atoms with Crippen molar-refractivity contribution < 1.29 is 9.13 Å². The zero-order valence-electron chi connectivity index (χ0n) is 16.1. The second-order valence-electron chi connectivity index (χ2n) is 6.28. The van der Waals surface area contributed by atoms with Gasteiger partial charge in [-0.2, -0.15) is 0 Å². The number of nitrogens with one attached hydrogen (secondary N) is 3. The molecule has 7 heteroatoms. The van der Waals surface area contributed by atoms with Crippen LogP contribution in [0, 0.1) is 5.82 Å². The van der Waals surface area contributed by atoms with Crippen molar-refractivity contribution in [2.75, 3.05) is 27.2 Å². The Morgan fingerprint density at radius 2 is 1.89 bits per heavy atom. The lowest BCUT2D eigenvalue weighted by Crippen LogP contribution is -2.39. The van der Waals surface area contributed by atoms with Crippen LogP contribution in [0.25, 0.3) is 10.9 Å². The highest BCUT2D eigenvalue weighted by molar-refractivity contribution is 14.0. The van der Waals surface area contributed by atoms with Gasteiger partial charge in [0, 0.05) is 37.2 Å². The van der Waals surface area contributed by atoms with Crippen molar-refractivity contribution in [3.8, 4) is 5.75 Å². The van der Waals surface area contributed by atoms with Crippen LogP contribution < -0.4 is 15.4 Å². The van der Waals surface area contributed by atoms with Crippen molar-refractivity contribution in [2.24, 2.45) is 4.99 Å². The summed E-state index contributed by atoms with van der Waals surface area (Å²) in [7, 11) is 3.43. The fourth-order valence-corrected chi connectivity index (χ4v) is 3.05. The van der Waals surface area contributed by atoms with Gasteiger partial charge in [-0.05, 0) is 54.3 Å². The van der Waals surface area contributed by atoms with E-state index in [0.717, 1.165) is 54.1 Å². The number of halogens is 2. The van der Waals surface area contributed by atoms with E-state index in [1.807, 2.05) is 30.5 Å². The molecule has 0 amide bonds. The maximum atomic E-state index is 13.3. The number of methoxy groups -OCH3 is 1. The molecule has 0 fully saturated rings. The Balaban J connectivity index is 0.00000280. The SMILES string of the molecule is CN=C(NCCc1cccc(OC)c1)NCCc1c[nH]c2cc(F)ccc12.I. The van der Waals surface area contributed by atoms with Crippen LogP contribution in [0.1, 0.15) is 11.1 Å². The van der Waals surface area contributed by atoms with Crippen LogP contribution in [-0.2, 0) is 12.8 Å². The van der Waals surface area contributed by atoms with E-state index in [-0.39, 0.29) is 29.8 Å².